The van der Waals surface area contributed by atoms with Crippen LogP contribution in [0.1, 0.15) is 17.9 Å². The average Bonchev–Trinajstić information content (AvgIpc) is 3.08. The molecule has 1 saturated carbocycles. The molecule has 0 radical (unpaired) electrons. The summed E-state index contributed by atoms with van der Waals surface area (Å²) >= 11 is 5.35. The fourth-order valence-corrected chi connectivity index (χ4v) is 2.09. The molecule has 2 unspecified atom stereocenters. The maximum atomic E-state index is 11.1. The highest BCUT2D eigenvalue weighted by Gasteiger charge is 2.39. The van der Waals surface area contributed by atoms with Gasteiger partial charge in [-0.15, -0.1) is 11.6 Å². The Morgan fingerprint density at radius 2 is 2.12 bits per heavy atom. The Balaban J connectivity index is 1.86. The third-order valence-corrected chi connectivity index (χ3v) is 3.19. The number of hydrogen-bond acceptors (Lipinski definition) is 2. The van der Waals surface area contributed by atoms with Gasteiger partial charge in [0, 0.05) is 0 Å². The van der Waals surface area contributed by atoms with Gasteiger partial charge in [-0.2, -0.15) is 0 Å². The Kier molecular flexibility index (Phi) is 3.46. The van der Waals surface area contributed by atoms with E-state index >= 15 is 0 Å². The van der Waals surface area contributed by atoms with E-state index in [9.17, 15) is 10.0 Å². The van der Waals surface area contributed by atoms with Crippen LogP contribution in [0.5, 0.6) is 0 Å². The molecule has 1 aliphatic carbocycles. The summed E-state index contributed by atoms with van der Waals surface area (Å²) in [6.45, 7) is 0.380. The van der Waals surface area contributed by atoms with Crippen molar-refractivity contribution in [2.24, 2.45) is 5.92 Å². The number of carbonyl (C=O) groups excluding carboxylic acids is 1. The van der Waals surface area contributed by atoms with Crippen molar-refractivity contribution >= 4 is 17.5 Å². The third-order valence-electron chi connectivity index (χ3n) is 2.96. The molecule has 1 amide bonds. The van der Waals surface area contributed by atoms with E-state index in [0.717, 1.165) is 11.5 Å². The van der Waals surface area contributed by atoms with Gasteiger partial charge in [-0.05, 0) is 23.8 Å². The van der Waals surface area contributed by atoms with Crippen molar-refractivity contribution in [3.63, 3.8) is 0 Å². The summed E-state index contributed by atoms with van der Waals surface area (Å²) in [5.74, 6) is 0.234. The predicted molar refractivity (Wildman–Crippen MR) is 61.5 cm³/mol. The van der Waals surface area contributed by atoms with E-state index in [2.05, 4.69) is 12.1 Å². The lowest BCUT2D eigenvalue weighted by Crippen LogP contribution is -2.30. The lowest BCUT2D eigenvalue weighted by atomic mass is 10.1. The highest BCUT2D eigenvalue weighted by atomic mass is 35.5. The number of alkyl halides is 1. The monoisotopic (exact) mass is 239 g/mol. The van der Waals surface area contributed by atoms with Crippen LogP contribution in [0.4, 0.5) is 0 Å². The van der Waals surface area contributed by atoms with Crippen LogP contribution >= 0.6 is 11.6 Å². The van der Waals surface area contributed by atoms with Gasteiger partial charge in [0.05, 0.1) is 6.54 Å². The van der Waals surface area contributed by atoms with E-state index in [1.54, 1.807) is 0 Å². The van der Waals surface area contributed by atoms with Crippen molar-refractivity contribution in [3.8, 4) is 0 Å². The highest BCUT2D eigenvalue weighted by Crippen LogP contribution is 2.47. The molecule has 1 aromatic rings. The van der Waals surface area contributed by atoms with Gasteiger partial charge in [0.2, 0.25) is 0 Å². The second-order valence-electron chi connectivity index (χ2n) is 4.12. The zero-order valence-corrected chi connectivity index (χ0v) is 9.60. The molecule has 0 heterocycles. The summed E-state index contributed by atoms with van der Waals surface area (Å²) in [5.41, 5.74) is 1.28. The molecule has 16 heavy (non-hydrogen) atoms. The maximum Gasteiger partial charge on any atom is 0.260 e. The van der Waals surface area contributed by atoms with Crippen molar-refractivity contribution < 1.29 is 10.0 Å². The van der Waals surface area contributed by atoms with Gasteiger partial charge in [0.15, 0.2) is 0 Å². The maximum absolute atomic E-state index is 11.1. The second-order valence-corrected chi connectivity index (χ2v) is 4.39. The molecule has 0 aliphatic heterocycles. The third kappa shape index (κ3) is 2.54. The van der Waals surface area contributed by atoms with E-state index in [1.165, 1.54) is 5.56 Å². The molecule has 3 nitrogen and oxygen atoms in total. The zero-order chi connectivity index (χ0) is 11.5. The minimum Gasteiger partial charge on any atom is -0.286 e. The Labute approximate surface area is 99.6 Å². The summed E-state index contributed by atoms with van der Waals surface area (Å²) in [5, 5.41) is 10.1. The van der Waals surface area contributed by atoms with Crippen molar-refractivity contribution in [3.05, 3.63) is 35.9 Å². The summed E-state index contributed by atoms with van der Waals surface area (Å²) in [4.78, 5) is 11.1. The van der Waals surface area contributed by atoms with Gasteiger partial charge < -0.3 is 0 Å². The lowest BCUT2D eigenvalue weighted by molar-refractivity contribution is -0.163. The van der Waals surface area contributed by atoms with Crippen molar-refractivity contribution in [2.75, 3.05) is 12.4 Å². The highest BCUT2D eigenvalue weighted by molar-refractivity contribution is 6.27. The Hall–Kier alpha value is -1.06. The number of hydrogen-bond donors (Lipinski definition) is 1. The first-order valence-electron chi connectivity index (χ1n) is 5.32. The molecule has 0 bridgehead atoms. The molecule has 2 rings (SSSR count). The minimum atomic E-state index is -0.430. The van der Waals surface area contributed by atoms with Crippen LogP contribution in [0, 0.1) is 5.92 Å². The number of hydroxylamine groups is 2. The first kappa shape index (κ1) is 11.4. The standard InChI is InChI=1S/C12H14ClNO2/c13-7-12(15)14(16)8-10-6-11(10)9-4-2-1-3-5-9/h1-5,10-11,16H,6-8H2. The fraction of sp³-hybridized carbons (Fsp3) is 0.417. The van der Waals surface area contributed by atoms with E-state index < -0.39 is 5.91 Å². The van der Waals surface area contributed by atoms with Crippen LogP contribution < -0.4 is 0 Å². The summed E-state index contributed by atoms with van der Waals surface area (Å²) in [6, 6.07) is 10.2. The van der Waals surface area contributed by atoms with Gasteiger partial charge in [0.25, 0.3) is 5.91 Å². The quantitative estimate of drug-likeness (QED) is 0.497. The van der Waals surface area contributed by atoms with Crippen LogP contribution in [-0.4, -0.2) is 28.6 Å². The smallest absolute Gasteiger partial charge is 0.260 e. The number of carbonyl (C=O) groups is 1. The van der Waals surface area contributed by atoms with Crippen LogP contribution in [-0.2, 0) is 4.79 Å². The first-order valence-corrected chi connectivity index (χ1v) is 5.86. The average molecular weight is 240 g/mol. The Morgan fingerprint density at radius 1 is 1.44 bits per heavy atom. The first-order chi connectivity index (χ1) is 7.72. The van der Waals surface area contributed by atoms with E-state index in [4.69, 9.17) is 11.6 Å². The molecule has 0 saturated heterocycles. The van der Waals surface area contributed by atoms with Gasteiger partial charge in [-0.1, -0.05) is 30.3 Å². The molecular weight excluding hydrogens is 226 g/mol. The van der Waals surface area contributed by atoms with Crippen molar-refractivity contribution in [1.82, 2.24) is 5.06 Å². The normalized spacial score (nSPS) is 22.9. The topological polar surface area (TPSA) is 40.5 Å². The molecule has 1 aliphatic rings. The number of amides is 1. The SMILES string of the molecule is O=C(CCl)N(O)CC1CC1c1ccccc1. The Bertz CT molecular complexity index is 369. The summed E-state index contributed by atoms with van der Waals surface area (Å²) in [6.07, 6.45) is 1.02. The summed E-state index contributed by atoms with van der Waals surface area (Å²) in [7, 11) is 0. The van der Waals surface area contributed by atoms with Crippen molar-refractivity contribution in [1.29, 1.82) is 0 Å². The molecule has 1 fully saturated rings. The molecule has 0 spiro atoms. The number of rotatable bonds is 4. The molecule has 86 valence electrons. The van der Waals surface area contributed by atoms with Crippen molar-refractivity contribution in [2.45, 2.75) is 12.3 Å². The predicted octanol–water partition coefficient (Wildman–Crippen LogP) is 2.25. The van der Waals surface area contributed by atoms with Gasteiger partial charge in [0.1, 0.15) is 5.88 Å². The molecule has 0 aromatic heterocycles. The van der Waals surface area contributed by atoms with Gasteiger partial charge >= 0.3 is 0 Å². The van der Waals surface area contributed by atoms with E-state index in [1.807, 2.05) is 18.2 Å². The van der Waals surface area contributed by atoms with Crippen LogP contribution in [0.2, 0.25) is 0 Å². The van der Waals surface area contributed by atoms with Crippen LogP contribution in [0.25, 0.3) is 0 Å². The van der Waals surface area contributed by atoms with Gasteiger partial charge in [-0.25, -0.2) is 5.06 Å². The molecule has 1 aromatic carbocycles. The molecule has 4 heteroatoms. The molecule has 1 N–H and O–H groups in total. The van der Waals surface area contributed by atoms with E-state index in [-0.39, 0.29) is 5.88 Å². The minimum absolute atomic E-state index is 0.167. The second kappa shape index (κ2) is 4.85. The number of benzene rings is 1. The fourth-order valence-electron chi connectivity index (χ4n) is 1.95. The zero-order valence-electron chi connectivity index (χ0n) is 8.84. The van der Waals surface area contributed by atoms with Crippen LogP contribution in [0.3, 0.4) is 0 Å². The molecule has 2 atom stereocenters. The number of nitrogens with zero attached hydrogens (tertiary/aromatic N) is 1. The van der Waals surface area contributed by atoms with E-state index in [0.29, 0.717) is 18.4 Å². The van der Waals surface area contributed by atoms with Crippen LogP contribution in [0.15, 0.2) is 30.3 Å². The molecular formula is C12H14ClNO2. The lowest BCUT2D eigenvalue weighted by Gasteiger charge is -2.12. The summed E-state index contributed by atoms with van der Waals surface area (Å²) < 4.78 is 0. The van der Waals surface area contributed by atoms with Gasteiger partial charge in [-0.3, -0.25) is 10.0 Å². The number of halogens is 1. The Morgan fingerprint density at radius 3 is 2.75 bits per heavy atom. The largest absolute Gasteiger partial charge is 0.286 e.